The number of carbonyl (C=O) groups excluding carboxylic acids is 1. The molecule has 1 amide bonds. The van der Waals surface area contributed by atoms with Crippen LogP contribution in [-0.4, -0.2) is 65.6 Å². The average Bonchev–Trinajstić information content (AvgIpc) is 3.48. The third-order valence-electron chi connectivity index (χ3n) is 6.13. The van der Waals surface area contributed by atoms with Crippen LogP contribution in [0.25, 0.3) is 0 Å². The lowest BCUT2D eigenvalue weighted by Gasteiger charge is -2.39. The van der Waals surface area contributed by atoms with Crippen LogP contribution in [0.2, 0.25) is 0 Å². The molecular weight excluding hydrogens is 452 g/mol. The normalized spacial score (nSPS) is 19.1. The highest BCUT2D eigenvalue weighted by Gasteiger charge is 2.27. The highest BCUT2D eigenvalue weighted by Crippen LogP contribution is 2.29. The van der Waals surface area contributed by atoms with E-state index in [0.717, 1.165) is 49.7 Å². The van der Waals surface area contributed by atoms with Gasteiger partial charge < -0.3 is 19.9 Å². The van der Waals surface area contributed by atoms with Crippen LogP contribution in [0.4, 0.5) is 21.8 Å². The monoisotopic (exact) mass is 480 g/mol. The van der Waals surface area contributed by atoms with Crippen molar-refractivity contribution in [2.24, 2.45) is 5.92 Å². The lowest BCUT2D eigenvalue weighted by atomic mass is 10.00. The van der Waals surface area contributed by atoms with Crippen molar-refractivity contribution in [2.75, 3.05) is 53.7 Å². The second-order valence-electron chi connectivity index (χ2n) is 8.78. The van der Waals surface area contributed by atoms with E-state index in [1.54, 1.807) is 13.3 Å². The Labute approximate surface area is 202 Å². The van der Waals surface area contributed by atoms with E-state index < -0.39 is 6.10 Å². The van der Waals surface area contributed by atoms with E-state index in [9.17, 15) is 4.79 Å². The molecule has 2 atom stereocenters. The number of hydrogen-bond acceptors (Lipinski definition) is 10. The highest BCUT2D eigenvalue weighted by molar-refractivity contribution is 7.19. The summed E-state index contributed by atoms with van der Waals surface area (Å²) in [5.41, 5.74) is 1.93. The number of nitrogens with zero attached hydrogens (tertiary/aromatic N) is 6. The topological polar surface area (TPSA) is 108 Å². The summed E-state index contributed by atoms with van der Waals surface area (Å²) >= 11 is 1.31. The fourth-order valence-corrected chi connectivity index (χ4v) is 5.14. The summed E-state index contributed by atoms with van der Waals surface area (Å²) in [7, 11) is 1.54. The van der Waals surface area contributed by atoms with E-state index in [1.807, 2.05) is 30.3 Å². The first kappa shape index (κ1) is 22.5. The summed E-state index contributed by atoms with van der Waals surface area (Å²) in [4.78, 5) is 17.5. The van der Waals surface area contributed by atoms with E-state index in [-0.39, 0.29) is 11.9 Å². The molecule has 2 N–H and O–H groups in total. The van der Waals surface area contributed by atoms with Crippen molar-refractivity contribution in [1.29, 1.82) is 0 Å². The molecule has 1 aromatic carbocycles. The Morgan fingerprint density at radius 1 is 1.12 bits per heavy atom. The molecule has 0 spiro atoms. The van der Waals surface area contributed by atoms with Crippen LogP contribution in [0.5, 0.6) is 0 Å². The SMILES string of the molecule is CO[C@@H](C(=O)Nc1nnc(N[C@@H]2CCN(c3cccnn3)C2)s1)c1cccc(N2CC(C)C2)c1. The number of hydrogen-bond donors (Lipinski definition) is 2. The Bertz CT molecular complexity index is 1120. The standard InChI is InChI=1S/C23H28N8O2S/c1-15-12-31(13-15)18-6-3-5-16(11-18)20(33-2)21(32)26-23-29-28-22(34-23)25-17-8-10-30(14-17)19-7-4-9-24-27-19/h3-7,9,11,15,17,20H,8,10,12-14H2,1-2H3,(H,25,28)(H,26,29,32)/t17-,20-/m1/s1. The molecule has 0 aliphatic carbocycles. The summed E-state index contributed by atoms with van der Waals surface area (Å²) in [5.74, 6) is 1.30. The smallest absolute Gasteiger partial charge is 0.259 e. The number of rotatable bonds is 8. The van der Waals surface area contributed by atoms with E-state index in [2.05, 4.69) is 53.8 Å². The van der Waals surface area contributed by atoms with Gasteiger partial charge in [-0.1, -0.05) is 30.4 Å². The quantitative estimate of drug-likeness (QED) is 0.503. The number of methoxy groups -OCH3 is 1. The molecule has 0 bridgehead atoms. The van der Waals surface area contributed by atoms with E-state index in [4.69, 9.17) is 4.74 Å². The first-order chi connectivity index (χ1) is 16.6. The Hall–Kier alpha value is -3.31. The molecule has 4 heterocycles. The minimum atomic E-state index is -0.727. The number of aromatic nitrogens is 4. The molecule has 0 saturated carbocycles. The second kappa shape index (κ2) is 9.90. The molecule has 11 heteroatoms. The van der Waals surface area contributed by atoms with Gasteiger partial charge in [0.25, 0.3) is 5.91 Å². The Morgan fingerprint density at radius 3 is 2.74 bits per heavy atom. The minimum absolute atomic E-state index is 0.220. The van der Waals surface area contributed by atoms with Crippen molar-refractivity contribution in [2.45, 2.75) is 25.5 Å². The van der Waals surface area contributed by atoms with Gasteiger partial charge in [-0.3, -0.25) is 10.1 Å². The molecule has 0 unspecified atom stereocenters. The molecule has 5 rings (SSSR count). The first-order valence-electron chi connectivity index (χ1n) is 11.4. The van der Waals surface area contributed by atoms with Gasteiger partial charge in [0.1, 0.15) is 0 Å². The Kier molecular flexibility index (Phi) is 6.54. The van der Waals surface area contributed by atoms with Crippen LogP contribution in [0.15, 0.2) is 42.6 Å². The van der Waals surface area contributed by atoms with Crippen molar-refractivity contribution in [3.8, 4) is 0 Å². The zero-order chi connectivity index (χ0) is 23.5. The highest BCUT2D eigenvalue weighted by atomic mass is 32.1. The molecule has 2 aliphatic rings. The number of anilines is 4. The van der Waals surface area contributed by atoms with Crippen LogP contribution in [-0.2, 0) is 9.53 Å². The Morgan fingerprint density at radius 2 is 1.97 bits per heavy atom. The maximum Gasteiger partial charge on any atom is 0.259 e. The van der Waals surface area contributed by atoms with Crippen molar-refractivity contribution < 1.29 is 9.53 Å². The van der Waals surface area contributed by atoms with Gasteiger partial charge >= 0.3 is 0 Å². The molecule has 34 heavy (non-hydrogen) atoms. The van der Waals surface area contributed by atoms with Crippen LogP contribution in [0.3, 0.4) is 0 Å². The van der Waals surface area contributed by atoms with E-state index in [1.165, 1.54) is 11.3 Å². The minimum Gasteiger partial charge on any atom is -0.371 e. The number of benzene rings is 1. The molecule has 2 fully saturated rings. The zero-order valence-electron chi connectivity index (χ0n) is 19.2. The summed E-state index contributed by atoms with van der Waals surface area (Å²) < 4.78 is 5.54. The van der Waals surface area contributed by atoms with Crippen molar-refractivity contribution in [1.82, 2.24) is 20.4 Å². The van der Waals surface area contributed by atoms with Crippen LogP contribution >= 0.6 is 11.3 Å². The number of carbonyl (C=O) groups is 1. The van der Waals surface area contributed by atoms with E-state index >= 15 is 0 Å². The van der Waals surface area contributed by atoms with Crippen molar-refractivity contribution >= 4 is 39.0 Å². The molecule has 0 radical (unpaired) electrons. The van der Waals surface area contributed by atoms with Crippen LogP contribution in [0, 0.1) is 5.92 Å². The number of ether oxygens (including phenoxy) is 1. The van der Waals surface area contributed by atoms with Gasteiger partial charge in [0, 0.05) is 51.2 Å². The fraction of sp³-hybridized carbons (Fsp3) is 0.435. The zero-order valence-corrected chi connectivity index (χ0v) is 20.0. The molecule has 178 valence electrons. The lowest BCUT2D eigenvalue weighted by molar-refractivity contribution is -0.126. The van der Waals surface area contributed by atoms with Gasteiger partial charge in [0.15, 0.2) is 11.9 Å². The number of nitrogens with one attached hydrogen (secondary N) is 2. The van der Waals surface area contributed by atoms with Gasteiger partial charge in [-0.15, -0.1) is 15.3 Å². The van der Waals surface area contributed by atoms with Crippen LogP contribution in [0.1, 0.15) is 25.0 Å². The molecule has 3 aromatic rings. The first-order valence-corrected chi connectivity index (χ1v) is 12.2. The van der Waals surface area contributed by atoms with Crippen molar-refractivity contribution in [3.63, 3.8) is 0 Å². The summed E-state index contributed by atoms with van der Waals surface area (Å²) in [5, 5.41) is 23.8. The molecular formula is C23H28N8O2S. The molecule has 10 nitrogen and oxygen atoms in total. The van der Waals surface area contributed by atoms with Gasteiger partial charge in [-0.05, 0) is 42.2 Å². The largest absolute Gasteiger partial charge is 0.371 e. The molecule has 2 aliphatic heterocycles. The molecule has 2 saturated heterocycles. The fourth-order valence-electron chi connectivity index (χ4n) is 4.41. The summed E-state index contributed by atoms with van der Waals surface area (Å²) in [6.45, 7) is 6.00. The maximum absolute atomic E-state index is 13.0. The second-order valence-corrected chi connectivity index (χ2v) is 9.76. The van der Waals surface area contributed by atoms with Gasteiger partial charge in [0.05, 0.1) is 0 Å². The predicted molar refractivity (Wildman–Crippen MR) is 132 cm³/mol. The number of amides is 1. The summed E-state index contributed by atoms with van der Waals surface area (Å²) in [6, 6.07) is 12.0. The van der Waals surface area contributed by atoms with Gasteiger partial charge in [-0.25, -0.2) is 0 Å². The van der Waals surface area contributed by atoms with E-state index in [0.29, 0.717) is 16.2 Å². The third-order valence-corrected chi connectivity index (χ3v) is 6.90. The summed E-state index contributed by atoms with van der Waals surface area (Å²) in [6.07, 6.45) is 1.90. The predicted octanol–water partition coefficient (Wildman–Crippen LogP) is 2.80. The average molecular weight is 481 g/mol. The van der Waals surface area contributed by atoms with Gasteiger partial charge in [0.2, 0.25) is 10.3 Å². The maximum atomic E-state index is 13.0. The van der Waals surface area contributed by atoms with Crippen LogP contribution < -0.4 is 20.4 Å². The lowest BCUT2D eigenvalue weighted by Crippen LogP contribution is -2.45. The van der Waals surface area contributed by atoms with Crippen molar-refractivity contribution in [3.05, 3.63) is 48.2 Å². The Balaban J connectivity index is 1.18. The third kappa shape index (κ3) is 4.95. The van der Waals surface area contributed by atoms with Gasteiger partial charge in [-0.2, -0.15) is 5.10 Å². The molecule has 2 aromatic heterocycles.